The summed E-state index contributed by atoms with van der Waals surface area (Å²) < 4.78 is 5.75. The first-order valence-corrected chi connectivity index (χ1v) is 8.10. The van der Waals surface area contributed by atoms with Gasteiger partial charge >= 0.3 is 0 Å². The van der Waals surface area contributed by atoms with Crippen LogP contribution in [0.5, 0.6) is 0 Å². The van der Waals surface area contributed by atoms with E-state index in [2.05, 4.69) is 15.0 Å². The summed E-state index contributed by atoms with van der Waals surface area (Å²) in [5, 5.41) is 0. The minimum absolute atomic E-state index is 0.109. The number of hydrogen-bond donors (Lipinski definition) is 1. The van der Waals surface area contributed by atoms with Crippen LogP contribution in [-0.2, 0) is 16.1 Å². The third-order valence-corrected chi connectivity index (χ3v) is 4.03. The summed E-state index contributed by atoms with van der Waals surface area (Å²) in [4.78, 5) is 28.0. The first kappa shape index (κ1) is 16.6. The van der Waals surface area contributed by atoms with Gasteiger partial charge in [-0.25, -0.2) is 4.98 Å². The molecule has 1 aliphatic heterocycles. The molecule has 24 heavy (non-hydrogen) atoms. The molecule has 3 rings (SSSR count). The van der Waals surface area contributed by atoms with Crippen LogP contribution in [-0.4, -0.2) is 63.9 Å². The lowest BCUT2D eigenvalue weighted by Gasteiger charge is -2.33. The number of rotatable bonds is 5. The van der Waals surface area contributed by atoms with Crippen LogP contribution < -0.4 is 0 Å². The van der Waals surface area contributed by atoms with E-state index in [1.165, 1.54) is 0 Å². The van der Waals surface area contributed by atoms with Crippen molar-refractivity contribution in [2.75, 3.05) is 33.3 Å². The molecule has 7 heteroatoms. The summed E-state index contributed by atoms with van der Waals surface area (Å²) in [6.45, 7) is 4.71. The molecule has 128 valence electrons. The van der Waals surface area contributed by atoms with Gasteiger partial charge in [-0.05, 0) is 25.6 Å². The predicted octanol–water partition coefficient (Wildman–Crippen LogP) is 1.15. The zero-order valence-corrected chi connectivity index (χ0v) is 14.1. The topological polar surface area (TPSA) is 74.3 Å². The fourth-order valence-electron chi connectivity index (χ4n) is 2.83. The van der Waals surface area contributed by atoms with Crippen molar-refractivity contribution in [2.24, 2.45) is 0 Å². The second-order valence-corrected chi connectivity index (χ2v) is 6.18. The zero-order chi connectivity index (χ0) is 16.9. The molecular weight excluding hydrogens is 306 g/mol. The van der Waals surface area contributed by atoms with Crippen molar-refractivity contribution < 1.29 is 9.53 Å². The smallest absolute Gasteiger partial charge is 0.236 e. The highest BCUT2D eigenvalue weighted by Gasteiger charge is 2.27. The van der Waals surface area contributed by atoms with Crippen LogP contribution in [0, 0.1) is 6.92 Å². The Kier molecular flexibility index (Phi) is 5.22. The van der Waals surface area contributed by atoms with Gasteiger partial charge in [-0.1, -0.05) is 6.07 Å². The average molecular weight is 329 g/mol. The Morgan fingerprint density at radius 3 is 3.08 bits per heavy atom. The Hall–Kier alpha value is -2.25. The summed E-state index contributed by atoms with van der Waals surface area (Å²) in [6, 6.07) is 3.92. The minimum atomic E-state index is -0.181. The van der Waals surface area contributed by atoms with Crippen molar-refractivity contribution in [2.45, 2.75) is 19.6 Å². The van der Waals surface area contributed by atoms with E-state index < -0.39 is 0 Å². The van der Waals surface area contributed by atoms with Gasteiger partial charge in [-0.2, -0.15) is 0 Å². The summed E-state index contributed by atoms with van der Waals surface area (Å²) >= 11 is 0. The summed E-state index contributed by atoms with van der Waals surface area (Å²) in [7, 11) is 1.94. The summed E-state index contributed by atoms with van der Waals surface area (Å²) in [5.74, 6) is 0.895. The van der Waals surface area contributed by atoms with E-state index in [4.69, 9.17) is 4.74 Å². The summed E-state index contributed by atoms with van der Waals surface area (Å²) in [5.41, 5.74) is 2.09. The van der Waals surface area contributed by atoms with E-state index in [1.54, 1.807) is 12.4 Å². The van der Waals surface area contributed by atoms with Gasteiger partial charge in [0.15, 0.2) is 0 Å². The van der Waals surface area contributed by atoms with Crippen molar-refractivity contribution >= 4 is 5.91 Å². The predicted molar refractivity (Wildman–Crippen MR) is 89.2 cm³/mol. The third kappa shape index (κ3) is 4.18. The molecule has 2 aromatic heterocycles. The zero-order valence-electron chi connectivity index (χ0n) is 14.1. The van der Waals surface area contributed by atoms with Crippen molar-refractivity contribution in [1.82, 2.24) is 24.8 Å². The maximum absolute atomic E-state index is 12.6. The molecule has 0 spiro atoms. The number of pyridine rings is 1. The number of aromatic amines is 1. The molecule has 1 fully saturated rings. The lowest BCUT2D eigenvalue weighted by Crippen LogP contribution is -2.46. The highest BCUT2D eigenvalue weighted by atomic mass is 16.5. The molecule has 0 radical (unpaired) electrons. The van der Waals surface area contributed by atoms with E-state index in [1.807, 2.05) is 42.1 Å². The molecular formula is C17H23N5O2. The number of aromatic nitrogens is 3. The molecule has 1 aliphatic rings. The Bertz CT molecular complexity index is 673. The van der Waals surface area contributed by atoms with Crippen LogP contribution in [0.4, 0.5) is 0 Å². The third-order valence-electron chi connectivity index (χ3n) is 4.03. The van der Waals surface area contributed by atoms with Gasteiger partial charge in [0.05, 0.1) is 19.7 Å². The Balaban J connectivity index is 1.54. The number of hydrogen-bond acceptors (Lipinski definition) is 5. The molecule has 0 bridgehead atoms. The molecule has 1 amide bonds. The number of amides is 1. The number of morpholine rings is 1. The van der Waals surface area contributed by atoms with E-state index in [0.29, 0.717) is 32.8 Å². The van der Waals surface area contributed by atoms with Crippen LogP contribution in [0.2, 0.25) is 0 Å². The minimum Gasteiger partial charge on any atom is -0.367 e. The number of imidazole rings is 1. The molecule has 0 aromatic carbocycles. The number of nitrogens with one attached hydrogen (secondary N) is 1. The molecule has 3 heterocycles. The van der Waals surface area contributed by atoms with Crippen molar-refractivity contribution in [3.05, 3.63) is 47.8 Å². The lowest BCUT2D eigenvalue weighted by atomic mass is 10.2. The quantitative estimate of drug-likeness (QED) is 0.890. The second kappa shape index (κ2) is 7.55. The Labute approximate surface area is 141 Å². The molecule has 0 saturated carbocycles. The van der Waals surface area contributed by atoms with E-state index >= 15 is 0 Å². The molecule has 1 saturated heterocycles. The molecule has 1 N–H and O–H groups in total. The van der Waals surface area contributed by atoms with Crippen molar-refractivity contribution in [3.8, 4) is 0 Å². The Morgan fingerprint density at radius 1 is 1.50 bits per heavy atom. The van der Waals surface area contributed by atoms with Crippen LogP contribution in [0.15, 0.2) is 30.7 Å². The molecule has 0 aliphatic carbocycles. The molecule has 1 atom stereocenters. The van der Waals surface area contributed by atoms with Crippen LogP contribution in [0.1, 0.15) is 23.2 Å². The van der Waals surface area contributed by atoms with Gasteiger partial charge in [0.25, 0.3) is 0 Å². The van der Waals surface area contributed by atoms with Crippen LogP contribution in [0.25, 0.3) is 0 Å². The van der Waals surface area contributed by atoms with E-state index in [-0.39, 0.29) is 12.0 Å². The van der Waals surface area contributed by atoms with Gasteiger partial charge < -0.3 is 14.6 Å². The first-order chi connectivity index (χ1) is 11.6. The maximum atomic E-state index is 12.6. The fourth-order valence-corrected chi connectivity index (χ4v) is 2.83. The lowest BCUT2D eigenvalue weighted by molar-refractivity contribution is -0.140. The van der Waals surface area contributed by atoms with Gasteiger partial charge in [-0.15, -0.1) is 0 Å². The monoisotopic (exact) mass is 329 g/mol. The highest BCUT2D eigenvalue weighted by molar-refractivity contribution is 5.78. The summed E-state index contributed by atoms with van der Waals surface area (Å²) in [6.07, 6.45) is 5.17. The van der Waals surface area contributed by atoms with Crippen molar-refractivity contribution in [3.63, 3.8) is 0 Å². The molecule has 7 nitrogen and oxygen atoms in total. The number of nitrogens with zero attached hydrogens (tertiary/aromatic N) is 4. The molecule has 2 aromatic rings. The van der Waals surface area contributed by atoms with Crippen LogP contribution in [0.3, 0.4) is 0 Å². The standard InChI is InChI=1S/C17H23N5O2/c1-13-8-19-17(20-13)15-11-22(6-7-24-15)16(23)12-21(2)10-14-4-3-5-18-9-14/h3-5,8-9,15H,6-7,10-12H2,1-2H3,(H,19,20)/t15-/m0/s1. The fraction of sp³-hybridized carbons (Fsp3) is 0.471. The normalized spacial score (nSPS) is 18.1. The first-order valence-electron chi connectivity index (χ1n) is 8.10. The largest absolute Gasteiger partial charge is 0.367 e. The van der Waals surface area contributed by atoms with Gasteiger partial charge in [0.1, 0.15) is 11.9 Å². The number of carbonyl (C=O) groups is 1. The van der Waals surface area contributed by atoms with Crippen molar-refractivity contribution in [1.29, 1.82) is 0 Å². The van der Waals surface area contributed by atoms with E-state index in [9.17, 15) is 4.79 Å². The van der Waals surface area contributed by atoms with Gasteiger partial charge in [0, 0.05) is 37.4 Å². The number of H-pyrrole nitrogens is 1. The number of aryl methyl sites for hydroxylation is 1. The van der Waals surface area contributed by atoms with Gasteiger partial charge in [0.2, 0.25) is 5.91 Å². The van der Waals surface area contributed by atoms with Crippen LogP contribution >= 0.6 is 0 Å². The SMILES string of the molecule is Cc1cnc([C@@H]2CN(C(=O)CN(C)Cc3cccnc3)CCO2)[nH]1. The number of carbonyl (C=O) groups excluding carboxylic acids is 1. The van der Waals surface area contributed by atoms with Gasteiger partial charge in [-0.3, -0.25) is 14.7 Å². The number of ether oxygens (including phenoxy) is 1. The highest BCUT2D eigenvalue weighted by Crippen LogP contribution is 2.19. The van der Waals surface area contributed by atoms with E-state index in [0.717, 1.165) is 17.1 Å². The average Bonchev–Trinajstić information content (AvgIpc) is 3.02. The Morgan fingerprint density at radius 2 is 2.38 bits per heavy atom. The molecule has 0 unspecified atom stereocenters. The number of likely N-dealkylation sites (N-methyl/N-ethyl adjacent to an activating group) is 1. The maximum Gasteiger partial charge on any atom is 0.236 e. The second-order valence-electron chi connectivity index (χ2n) is 6.18.